The van der Waals surface area contributed by atoms with Crippen molar-refractivity contribution in [1.29, 1.82) is 0 Å². The maximum absolute atomic E-state index is 10.6. The predicted molar refractivity (Wildman–Crippen MR) is 67.7 cm³/mol. The minimum Gasteiger partial charge on any atom is -0.475 e. The van der Waals surface area contributed by atoms with Crippen LogP contribution in [0, 0.1) is 0 Å². The Bertz CT molecular complexity index is 551. The molecule has 18 heavy (non-hydrogen) atoms. The Hall–Kier alpha value is -1.78. The predicted octanol–water partition coefficient (Wildman–Crippen LogP) is 2.92. The van der Waals surface area contributed by atoms with Crippen LogP contribution in [0.25, 0.3) is 0 Å². The average molecular weight is 266 g/mol. The van der Waals surface area contributed by atoms with Gasteiger partial charge >= 0.3 is 5.97 Å². The number of nitrogens with one attached hydrogen (secondary N) is 1. The summed E-state index contributed by atoms with van der Waals surface area (Å²) in [5.41, 5.74) is 1.06. The Balaban J connectivity index is 1.86. The molecule has 94 valence electrons. The van der Waals surface area contributed by atoms with Gasteiger partial charge in [-0.1, -0.05) is 23.7 Å². The van der Waals surface area contributed by atoms with Crippen LogP contribution in [0.4, 0.5) is 0 Å². The van der Waals surface area contributed by atoms with Crippen molar-refractivity contribution in [3.05, 3.63) is 58.5 Å². The van der Waals surface area contributed by atoms with Crippen LogP contribution in [-0.4, -0.2) is 11.1 Å². The van der Waals surface area contributed by atoms with E-state index in [1.807, 2.05) is 24.3 Å². The van der Waals surface area contributed by atoms with E-state index in [9.17, 15) is 4.79 Å². The Labute approximate surface area is 109 Å². The molecule has 1 aromatic heterocycles. The van der Waals surface area contributed by atoms with Gasteiger partial charge in [-0.15, -0.1) is 0 Å². The number of aromatic carboxylic acids is 1. The van der Waals surface area contributed by atoms with Crippen molar-refractivity contribution >= 4 is 17.6 Å². The van der Waals surface area contributed by atoms with E-state index < -0.39 is 5.97 Å². The average Bonchev–Trinajstić information content (AvgIpc) is 2.78. The molecule has 0 amide bonds. The zero-order valence-corrected chi connectivity index (χ0v) is 10.3. The van der Waals surface area contributed by atoms with Gasteiger partial charge in [0.05, 0.1) is 6.54 Å². The van der Waals surface area contributed by atoms with E-state index in [-0.39, 0.29) is 5.76 Å². The molecule has 0 atom stereocenters. The van der Waals surface area contributed by atoms with Crippen LogP contribution in [0.1, 0.15) is 21.9 Å². The molecule has 1 aromatic carbocycles. The van der Waals surface area contributed by atoms with Crippen molar-refractivity contribution in [2.24, 2.45) is 0 Å². The van der Waals surface area contributed by atoms with E-state index in [1.165, 1.54) is 6.07 Å². The Kier molecular flexibility index (Phi) is 4.02. The van der Waals surface area contributed by atoms with Crippen LogP contribution in [0.5, 0.6) is 0 Å². The largest absolute Gasteiger partial charge is 0.475 e. The lowest BCUT2D eigenvalue weighted by molar-refractivity contribution is 0.0660. The highest BCUT2D eigenvalue weighted by Crippen LogP contribution is 2.11. The van der Waals surface area contributed by atoms with Crippen molar-refractivity contribution in [2.75, 3.05) is 0 Å². The van der Waals surface area contributed by atoms with Crippen LogP contribution < -0.4 is 5.32 Å². The first-order valence-electron chi connectivity index (χ1n) is 5.42. The normalized spacial score (nSPS) is 10.5. The van der Waals surface area contributed by atoms with Gasteiger partial charge in [0.2, 0.25) is 5.76 Å². The molecule has 0 aliphatic rings. The zero-order valence-electron chi connectivity index (χ0n) is 9.52. The maximum Gasteiger partial charge on any atom is 0.371 e. The van der Waals surface area contributed by atoms with Crippen LogP contribution >= 0.6 is 11.6 Å². The molecule has 2 N–H and O–H groups in total. The maximum atomic E-state index is 10.6. The number of halogens is 1. The molecule has 0 spiro atoms. The van der Waals surface area contributed by atoms with Gasteiger partial charge in [-0.3, -0.25) is 0 Å². The molecule has 0 radical (unpaired) electrons. The van der Waals surface area contributed by atoms with E-state index in [4.69, 9.17) is 21.1 Å². The molecule has 0 bridgehead atoms. The van der Waals surface area contributed by atoms with Gasteiger partial charge in [0.15, 0.2) is 0 Å². The number of carbonyl (C=O) groups is 1. The third kappa shape index (κ3) is 3.35. The van der Waals surface area contributed by atoms with Crippen molar-refractivity contribution in [3.63, 3.8) is 0 Å². The Morgan fingerprint density at radius 3 is 2.78 bits per heavy atom. The van der Waals surface area contributed by atoms with Gasteiger partial charge in [-0.25, -0.2) is 4.79 Å². The van der Waals surface area contributed by atoms with Crippen LogP contribution in [-0.2, 0) is 13.1 Å². The molecule has 5 heteroatoms. The monoisotopic (exact) mass is 265 g/mol. The van der Waals surface area contributed by atoms with Gasteiger partial charge in [0.1, 0.15) is 5.76 Å². The summed E-state index contributed by atoms with van der Waals surface area (Å²) >= 11 is 5.87. The molecule has 2 rings (SSSR count). The lowest BCUT2D eigenvalue weighted by Crippen LogP contribution is -2.12. The SMILES string of the molecule is O=C(O)c1ccc(CNCc2cccc(Cl)c2)o1. The van der Waals surface area contributed by atoms with Crippen molar-refractivity contribution in [3.8, 4) is 0 Å². The summed E-state index contributed by atoms with van der Waals surface area (Å²) in [6.45, 7) is 1.11. The number of hydrogen-bond acceptors (Lipinski definition) is 3. The molecule has 1 heterocycles. The van der Waals surface area contributed by atoms with Gasteiger partial charge in [-0.05, 0) is 29.8 Å². The minimum absolute atomic E-state index is 0.0467. The van der Waals surface area contributed by atoms with E-state index in [0.717, 1.165) is 5.56 Å². The summed E-state index contributed by atoms with van der Waals surface area (Å²) in [4.78, 5) is 10.6. The highest BCUT2D eigenvalue weighted by molar-refractivity contribution is 6.30. The van der Waals surface area contributed by atoms with E-state index in [0.29, 0.717) is 23.9 Å². The molecule has 2 aromatic rings. The number of benzene rings is 1. The second kappa shape index (κ2) is 5.71. The van der Waals surface area contributed by atoms with Crippen molar-refractivity contribution in [1.82, 2.24) is 5.32 Å². The molecular formula is C13H12ClNO3. The van der Waals surface area contributed by atoms with Crippen LogP contribution in [0.15, 0.2) is 40.8 Å². The zero-order chi connectivity index (χ0) is 13.0. The first-order valence-corrected chi connectivity index (χ1v) is 5.80. The second-order valence-corrected chi connectivity index (χ2v) is 4.24. The molecule has 0 saturated heterocycles. The summed E-state index contributed by atoms with van der Waals surface area (Å²) in [5, 5.41) is 12.6. The fraction of sp³-hybridized carbons (Fsp3) is 0.154. The number of furan rings is 1. The van der Waals surface area contributed by atoms with Gasteiger partial charge in [0, 0.05) is 11.6 Å². The summed E-state index contributed by atoms with van der Waals surface area (Å²) < 4.78 is 5.12. The molecule has 0 unspecified atom stereocenters. The topological polar surface area (TPSA) is 62.5 Å². The number of carboxylic acids is 1. The van der Waals surface area contributed by atoms with Crippen LogP contribution in [0.3, 0.4) is 0 Å². The van der Waals surface area contributed by atoms with E-state index in [1.54, 1.807) is 6.07 Å². The molecule has 0 saturated carbocycles. The Morgan fingerprint density at radius 2 is 2.11 bits per heavy atom. The van der Waals surface area contributed by atoms with Gasteiger partial charge < -0.3 is 14.8 Å². The quantitative estimate of drug-likeness (QED) is 0.873. The molecule has 0 aliphatic heterocycles. The summed E-state index contributed by atoms with van der Waals surface area (Å²) in [6, 6.07) is 10.6. The fourth-order valence-electron chi connectivity index (χ4n) is 1.56. The first kappa shape index (κ1) is 12.7. The lowest BCUT2D eigenvalue weighted by Gasteiger charge is -2.03. The second-order valence-electron chi connectivity index (χ2n) is 3.80. The highest BCUT2D eigenvalue weighted by atomic mass is 35.5. The molecule has 4 nitrogen and oxygen atoms in total. The smallest absolute Gasteiger partial charge is 0.371 e. The van der Waals surface area contributed by atoms with Crippen LogP contribution in [0.2, 0.25) is 5.02 Å². The lowest BCUT2D eigenvalue weighted by atomic mass is 10.2. The number of carboxylic acid groups (broad SMARTS) is 1. The third-order valence-electron chi connectivity index (χ3n) is 2.39. The van der Waals surface area contributed by atoms with E-state index in [2.05, 4.69) is 5.32 Å². The minimum atomic E-state index is -1.06. The fourth-order valence-corrected chi connectivity index (χ4v) is 1.78. The summed E-state index contributed by atoms with van der Waals surface area (Å²) in [5.74, 6) is -0.514. The number of hydrogen-bond donors (Lipinski definition) is 2. The summed E-state index contributed by atoms with van der Waals surface area (Å²) in [7, 11) is 0. The molecule has 0 aliphatic carbocycles. The van der Waals surface area contributed by atoms with Gasteiger partial charge in [0.25, 0.3) is 0 Å². The summed E-state index contributed by atoms with van der Waals surface area (Å²) in [6.07, 6.45) is 0. The molecule has 0 fully saturated rings. The van der Waals surface area contributed by atoms with Crippen molar-refractivity contribution < 1.29 is 14.3 Å². The van der Waals surface area contributed by atoms with E-state index >= 15 is 0 Å². The Morgan fingerprint density at radius 1 is 1.28 bits per heavy atom. The standard InChI is InChI=1S/C13H12ClNO3/c14-10-3-1-2-9(6-10)7-15-8-11-4-5-12(18-11)13(16)17/h1-6,15H,7-8H2,(H,16,17). The first-order chi connectivity index (χ1) is 8.65. The van der Waals surface area contributed by atoms with Crippen molar-refractivity contribution in [2.45, 2.75) is 13.1 Å². The third-order valence-corrected chi connectivity index (χ3v) is 2.62. The highest BCUT2D eigenvalue weighted by Gasteiger charge is 2.08. The van der Waals surface area contributed by atoms with Gasteiger partial charge in [-0.2, -0.15) is 0 Å². The molecular weight excluding hydrogens is 254 g/mol. The number of rotatable bonds is 5.